The van der Waals surface area contributed by atoms with Gasteiger partial charge in [-0.05, 0) is 26.7 Å². The molecule has 1 amide bonds. The fourth-order valence-corrected chi connectivity index (χ4v) is 4.65. The Hall–Kier alpha value is -0.700. The zero-order valence-corrected chi connectivity index (χ0v) is 12.8. The van der Waals surface area contributed by atoms with Crippen molar-refractivity contribution in [1.29, 1.82) is 0 Å². The number of nitrogens with zero attached hydrogens (tertiary/aromatic N) is 2. The van der Waals surface area contributed by atoms with Gasteiger partial charge >= 0.3 is 0 Å². The number of nitrogens with two attached hydrogens (primary N) is 1. The number of piperidine rings is 1. The Balaban J connectivity index is 2.02. The molecule has 20 heavy (non-hydrogen) atoms. The maximum absolute atomic E-state index is 12.6. The summed E-state index contributed by atoms with van der Waals surface area (Å²) in [6.07, 6.45) is 0.807. The van der Waals surface area contributed by atoms with E-state index < -0.39 is 10.2 Å². The van der Waals surface area contributed by atoms with Gasteiger partial charge in [0.25, 0.3) is 10.2 Å². The van der Waals surface area contributed by atoms with E-state index >= 15 is 0 Å². The van der Waals surface area contributed by atoms with Gasteiger partial charge < -0.3 is 10.5 Å². The normalized spacial score (nSPS) is 31.3. The van der Waals surface area contributed by atoms with Crippen molar-refractivity contribution in [1.82, 2.24) is 8.61 Å². The van der Waals surface area contributed by atoms with Crippen LogP contribution in [0.25, 0.3) is 0 Å². The molecule has 2 saturated heterocycles. The zero-order chi connectivity index (χ0) is 14.9. The van der Waals surface area contributed by atoms with Crippen LogP contribution in [-0.4, -0.2) is 61.3 Å². The van der Waals surface area contributed by atoms with Crippen LogP contribution in [0.15, 0.2) is 0 Å². The first-order chi connectivity index (χ1) is 9.30. The van der Waals surface area contributed by atoms with E-state index in [4.69, 9.17) is 10.5 Å². The molecule has 0 aromatic heterocycles. The summed E-state index contributed by atoms with van der Waals surface area (Å²) in [5.74, 6) is -0.542. The van der Waals surface area contributed by atoms with E-state index in [-0.39, 0.29) is 24.0 Å². The second kappa shape index (κ2) is 5.97. The van der Waals surface area contributed by atoms with Gasteiger partial charge in [0.2, 0.25) is 5.91 Å². The summed E-state index contributed by atoms with van der Waals surface area (Å²) in [5.41, 5.74) is 5.27. The van der Waals surface area contributed by atoms with Crippen molar-refractivity contribution in [3.63, 3.8) is 0 Å². The van der Waals surface area contributed by atoms with Crippen molar-refractivity contribution in [2.24, 2.45) is 11.7 Å². The molecule has 8 heteroatoms. The minimum atomic E-state index is -3.47. The van der Waals surface area contributed by atoms with Crippen molar-refractivity contribution >= 4 is 16.1 Å². The third kappa shape index (κ3) is 3.30. The highest BCUT2D eigenvalue weighted by atomic mass is 32.2. The Bertz CT molecular complexity index is 449. The van der Waals surface area contributed by atoms with Crippen LogP contribution >= 0.6 is 0 Å². The Kier molecular flexibility index (Phi) is 4.68. The molecule has 0 saturated carbocycles. The van der Waals surface area contributed by atoms with Crippen LogP contribution in [0.1, 0.15) is 26.7 Å². The van der Waals surface area contributed by atoms with Gasteiger partial charge in [0.05, 0.1) is 12.2 Å². The number of hydrogen-bond acceptors (Lipinski definition) is 4. The Morgan fingerprint density at radius 2 is 1.60 bits per heavy atom. The highest BCUT2D eigenvalue weighted by Gasteiger charge is 2.37. The molecule has 2 heterocycles. The number of carbonyl (C=O) groups excluding carboxylic acids is 1. The highest BCUT2D eigenvalue weighted by molar-refractivity contribution is 7.86. The molecule has 7 nitrogen and oxygen atoms in total. The lowest BCUT2D eigenvalue weighted by molar-refractivity contribution is -0.122. The minimum Gasteiger partial charge on any atom is -0.373 e. The molecule has 0 aromatic rings. The van der Waals surface area contributed by atoms with E-state index in [1.165, 1.54) is 8.61 Å². The van der Waals surface area contributed by atoms with E-state index in [0.29, 0.717) is 39.0 Å². The molecular weight excluding hydrogens is 282 g/mol. The summed E-state index contributed by atoms with van der Waals surface area (Å²) in [5, 5.41) is 0. The number of ether oxygens (including phenoxy) is 1. The van der Waals surface area contributed by atoms with Gasteiger partial charge in [0.1, 0.15) is 0 Å². The highest BCUT2D eigenvalue weighted by Crippen LogP contribution is 2.23. The van der Waals surface area contributed by atoms with Gasteiger partial charge in [-0.25, -0.2) is 0 Å². The maximum Gasteiger partial charge on any atom is 0.282 e. The van der Waals surface area contributed by atoms with Crippen LogP contribution in [0, 0.1) is 5.92 Å². The fourth-order valence-electron chi connectivity index (χ4n) is 2.85. The lowest BCUT2D eigenvalue weighted by Gasteiger charge is -2.39. The second-order valence-electron chi connectivity index (χ2n) is 5.66. The molecule has 0 unspecified atom stereocenters. The third-order valence-corrected chi connectivity index (χ3v) is 5.86. The standard InChI is InChI=1S/C12H23N3O4S/c1-9-7-15(8-10(2)19-9)20(17,18)14-5-3-11(4-6-14)12(13)16/h9-11H,3-8H2,1-2H3,(H2,13,16)/t9-,10-/m1/s1. The molecule has 2 aliphatic rings. The van der Waals surface area contributed by atoms with Crippen molar-refractivity contribution < 1.29 is 17.9 Å². The van der Waals surface area contributed by atoms with Crippen LogP contribution in [0.3, 0.4) is 0 Å². The zero-order valence-electron chi connectivity index (χ0n) is 12.0. The molecule has 2 rings (SSSR count). The Labute approximate surface area is 120 Å². The number of morpholine rings is 1. The first kappa shape index (κ1) is 15.7. The van der Waals surface area contributed by atoms with Gasteiger partial charge in [-0.3, -0.25) is 4.79 Å². The molecule has 2 fully saturated rings. The second-order valence-corrected chi connectivity index (χ2v) is 7.59. The van der Waals surface area contributed by atoms with Crippen molar-refractivity contribution in [2.45, 2.75) is 38.9 Å². The predicted octanol–water partition coefficient (Wildman–Crippen LogP) is -0.462. The summed E-state index contributed by atoms with van der Waals surface area (Å²) in [6.45, 7) is 5.21. The predicted molar refractivity (Wildman–Crippen MR) is 74.0 cm³/mol. The van der Waals surface area contributed by atoms with Crippen LogP contribution in [0.5, 0.6) is 0 Å². The fraction of sp³-hybridized carbons (Fsp3) is 0.917. The van der Waals surface area contributed by atoms with Gasteiger partial charge in [0.15, 0.2) is 0 Å². The smallest absolute Gasteiger partial charge is 0.282 e. The molecule has 2 aliphatic heterocycles. The van der Waals surface area contributed by atoms with Gasteiger partial charge in [-0.1, -0.05) is 0 Å². The first-order valence-corrected chi connectivity index (χ1v) is 8.40. The summed E-state index contributed by atoms with van der Waals surface area (Å²) in [4.78, 5) is 11.1. The average molecular weight is 305 g/mol. The van der Waals surface area contributed by atoms with Crippen molar-refractivity contribution in [3.8, 4) is 0 Å². The summed E-state index contributed by atoms with van der Waals surface area (Å²) >= 11 is 0. The van der Waals surface area contributed by atoms with Crippen LogP contribution in [0.4, 0.5) is 0 Å². The quantitative estimate of drug-likeness (QED) is 0.763. The van der Waals surface area contributed by atoms with E-state index in [1.54, 1.807) is 0 Å². The lowest BCUT2D eigenvalue weighted by Crippen LogP contribution is -2.54. The minimum absolute atomic E-state index is 0.100. The van der Waals surface area contributed by atoms with Crippen LogP contribution in [0.2, 0.25) is 0 Å². The average Bonchev–Trinajstić information content (AvgIpc) is 2.37. The summed E-state index contributed by atoms with van der Waals surface area (Å²) < 4.78 is 33.7. The monoisotopic (exact) mass is 305 g/mol. The SMILES string of the molecule is C[C@@H]1CN(S(=O)(=O)N2CCC(C(N)=O)CC2)C[C@@H](C)O1. The first-order valence-electron chi connectivity index (χ1n) is 7.00. The largest absolute Gasteiger partial charge is 0.373 e. The molecule has 0 aliphatic carbocycles. The number of hydrogen-bond donors (Lipinski definition) is 1. The number of primary amides is 1. The van der Waals surface area contributed by atoms with Gasteiger partial charge in [-0.15, -0.1) is 0 Å². The maximum atomic E-state index is 12.6. The van der Waals surface area contributed by atoms with Crippen LogP contribution in [-0.2, 0) is 19.7 Å². The topological polar surface area (TPSA) is 92.9 Å². The molecule has 0 aromatic carbocycles. The third-order valence-electron chi connectivity index (χ3n) is 3.89. The number of rotatable bonds is 3. The molecule has 2 atom stereocenters. The Morgan fingerprint density at radius 3 is 2.05 bits per heavy atom. The van der Waals surface area contributed by atoms with E-state index in [2.05, 4.69) is 0 Å². The molecule has 0 spiro atoms. The molecule has 116 valence electrons. The molecular formula is C12H23N3O4S. The number of amides is 1. The molecule has 0 bridgehead atoms. The van der Waals surface area contributed by atoms with Crippen LogP contribution < -0.4 is 5.73 Å². The Morgan fingerprint density at radius 1 is 1.10 bits per heavy atom. The van der Waals surface area contributed by atoms with Gasteiger partial charge in [0, 0.05) is 32.1 Å². The lowest BCUT2D eigenvalue weighted by atomic mass is 9.98. The van der Waals surface area contributed by atoms with Crippen molar-refractivity contribution in [2.75, 3.05) is 26.2 Å². The van der Waals surface area contributed by atoms with Gasteiger partial charge in [-0.2, -0.15) is 17.0 Å². The molecule has 2 N–H and O–H groups in total. The summed E-state index contributed by atoms with van der Waals surface area (Å²) in [7, 11) is -3.47. The van der Waals surface area contributed by atoms with E-state index in [0.717, 1.165) is 0 Å². The molecule has 0 radical (unpaired) electrons. The van der Waals surface area contributed by atoms with E-state index in [9.17, 15) is 13.2 Å². The number of carbonyl (C=O) groups is 1. The van der Waals surface area contributed by atoms with Crippen molar-refractivity contribution in [3.05, 3.63) is 0 Å². The summed E-state index contributed by atoms with van der Waals surface area (Å²) in [6, 6.07) is 0. The van der Waals surface area contributed by atoms with E-state index in [1.807, 2.05) is 13.8 Å².